The number of nitrogens with one attached hydrogen (secondary N) is 2. The highest BCUT2D eigenvalue weighted by Crippen LogP contribution is 2.28. The summed E-state index contributed by atoms with van der Waals surface area (Å²) in [6, 6.07) is 4.79. The maximum absolute atomic E-state index is 12.0. The van der Waals surface area contributed by atoms with Gasteiger partial charge in [-0.25, -0.2) is 8.42 Å². The van der Waals surface area contributed by atoms with Crippen LogP contribution in [0.15, 0.2) is 33.8 Å². The van der Waals surface area contributed by atoms with Gasteiger partial charge in [-0.3, -0.25) is 9.82 Å². The van der Waals surface area contributed by atoms with E-state index < -0.39 is 10.0 Å². The van der Waals surface area contributed by atoms with E-state index in [1.165, 1.54) is 0 Å². The maximum Gasteiger partial charge on any atom is 0.267 e. The van der Waals surface area contributed by atoms with Gasteiger partial charge in [0.05, 0.1) is 16.9 Å². The van der Waals surface area contributed by atoms with Crippen LogP contribution in [-0.4, -0.2) is 18.6 Å². The van der Waals surface area contributed by atoms with Crippen molar-refractivity contribution in [2.75, 3.05) is 10.5 Å². The molecule has 0 saturated heterocycles. The van der Waals surface area contributed by atoms with Crippen LogP contribution in [-0.2, 0) is 10.0 Å². The van der Waals surface area contributed by atoms with Gasteiger partial charge < -0.3 is 5.73 Å². The van der Waals surface area contributed by atoms with E-state index in [0.717, 1.165) is 10.7 Å². The van der Waals surface area contributed by atoms with Gasteiger partial charge in [0.1, 0.15) is 10.7 Å². The number of sulfonamides is 1. The number of nitrogen functional groups attached to an aromatic ring is 1. The van der Waals surface area contributed by atoms with Crippen molar-refractivity contribution >= 4 is 49.1 Å². The van der Waals surface area contributed by atoms with Gasteiger partial charge in [0.25, 0.3) is 10.0 Å². The van der Waals surface area contributed by atoms with E-state index in [1.54, 1.807) is 18.2 Å². The second-order valence-corrected chi connectivity index (χ2v) is 6.35. The van der Waals surface area contributed by atoms with Gasteiger partial charge in [-0.15, -0.1) is 0 Å². The van der Waals surface area contributed by atoms with E-state index in [0.29, 0.717) is 0 Å². The first kappa shape index (κ1) is 13.2. The van der Waals surface area contributed by atoms with E-state index in [9.17, 15) is 8.42 Å². The smallest absolute Gasteiger partial charge is 0.267 e. The summed E-state index contributed by atoms with van der Waals surface area (Å²) in [6.07, 6.45) is 1.13. The van der Waals surface area contributed by atoms with Crippen molar-refractivity contribution < 1.29 is 8.42 Å². The molecule has 0 bridgehead atoms. The van der Waals surface area contributed by atoms with Crippen molar-refractivity contribution in [1.29, 1.82) is 0 Å². The molecule has 2 rings (SSSR count). The van der Waals surface area contributed by atoms with Gasteiger partial charge in [-0.1, -0.05) is 27.5 Å². The number of hydrogen-bond donors (Lipinski definition) is 3. The number of rotatable bonds is 3. The number of aromatic nitrogens is 2. The van der Waals surface area contributed by atoms with Crippen molar-refractivity contribution in [2.45, 2.75) is 4.90 Å². The average Bonchev–Trinajstić information content (AvgIpc) is 2.69. The summed E-state index contributed by atoms with van der Waals surface area (Å²) in [6.45, 7) is 0. The van der Waals surface area contributed by atoms with Crippen molar-refractivity contribution in [3.63, 3.8) is 0 Å². The van der Waals surface area contributed by atoms with Gasteiger partial charge in [-0.05, 0) is 18.2 Å². The minimum absolute atomic E-state index is 0.0317. The highest BCUT2D eigenvalue weighted by atomic mass is 79.9. The fourth-order valence-corrected chi connectivity index (χ4v) is 3.15. The van der Waals surface area contributed by atoms with Crippen molar-refractivity contribution in [1.82, 2.24) is 10.2 Å². The predicted molar refractivity (Wildman–Crippen MR) is 73.0 cm³/mol. The summed E-state index contributed by atoms with van der Waals surface area (Å²) in [4.78, 5) is -0.124. The van der Waals surface area contributed by atoms with Gasteiger partial charge in [0, 0.05) is 4.47 Å². The molecule has 0 radical (unpaired) electrons. The standard InChI is InChI=1S/C9H8BrClN4O2S/c10-5-1-2-7(6(11)3-5)15-18(16,17)8-4-13-14-9(8)12/h1-4,15H,(H3,12,13,14). The largest absolute Gasteiger partial charge is 0.383 e. The lowest BCUT2D eigenvalue weighted by Gasteiger charge is -2.08. The number of nitrogens with zero attached hydrogens (tertiary/aromatic N) is 1. The minimum Gasteiger partial charge on any atom is -0.383 e. The number of aromatic amines is 1. The van der Waals surface area contributed by atoms with E-state index in [4.69, 9.17) is 17.3 Å². The number of benzene rings is 1. The molecule has 0 aliphatic heterocycles. The molecule has 2 aromatic rings. The Morgan fingerprint density at radius 3 is 2.72 bits per heavy atom. The molecular weight excluding hydrogens is 344 g/mol. The fraction of sp³-hybridized carbons (Fsp3) is 0. The number of nitrogens with two attached hydrogens (primary N) is 1. The first-order valence-corrected chi connectivity index (χ1v) is 7.32. The number of H-pyrrole nitrogens is 1. The van der Waals surface area contributed by atoms with Crippen molar-refractivity contribution in [3.05, 3.63) is 33.9 Å². The lowest BCUT2D eigenvalue weighted by Crippen LogP contribution is -2.14. The molecule has 0 saturated carbocycles. The van der Waals surface area contributed by atoms with Crippen LogP contribution in [0, 0.1) is 0 Å². The molecule has 0 amide bonds. The van der Waals surface area contributed by atoms with E-state index in [-0.39, 0.29) is 21.4 Å². The number of hydrogen-bond acceptors (Lipinski definition) is 4. The molecule has 0 aliphatic carbocycles. The zero-order chi connectivity index (χ0) is 13.3. The molecular formula is C9H8BrClN4O2S. The second kappa shape index (κ2) is 4.79. The number of halogens is 2. The van der Waals surface area contributed by atoms with Crippen LogP contribution < -0.4 is 10.5 Å². The van der Waals surface area contributed by atoms with Gasteiger partial charge >= 0.3 is 0 Å². The molecule has 96 valence electrons. The Kier molecular flexibility index (Phi) is 3.51. The first-order valence-electron chi connectivity index (χ1n) is 4.67. The van der Waals surface area contributed by atoms with Gasteiger partial charge in [-0.2, -0.15) is 5.10 Å². The highest BCUT2D eigenvalue weighted by molar-refractivity contribution is 9.10. The molecule has 6 nitrogen and oxygen atoms in total. The van der Waals surface area contributed by atoms with Crippen molar-refractivity contribution in [2.24, 2.45) is 0 Å². The Bertz CT molecular complexity index is 686. The van der Waals surface area contributed by atoms with Crippen LogP contribution in [0.3, 0.4) is 0 Å². The zero-order valence-corrected chi connectivity index (χ0v) is 12.0. The zero-order valence-electron chi connectivity index (χ0n) is 8.81. The summed E-state index contributed by atoms with van der Waals surface area (Å²) < 4.78 is 27.1. The van der Waals surface area contributed by atoms with Gasteiger partial charge in [0.15, 0.2) is 0 Å². The molecule has 1 heterocycles. The van der Waals surface area contributed by atoms with E-state index in [1.807, 2.05) is 0 Å². The summed E-state index contributed by atoms with van der Waals surface area (Å²) in [7, 11) is -3.80. The molecule has 9 heteroatoms. The lowest BCUT2D eigenvalue weighted by molar-refractivity contribution is 0.601. The SMILES string of the molecule is Nc1[nH]ncc1S(=O)(=O)Nc1ccc(Br)cc1Cl. The average molecular weight is 352 g/mol. The Hall–Kier alpha value is -1.25. The maximum atomic E-state index is 12.0. The third kappa shape index (κ3) is 2.60. The van der Waals surface area contributed by atoms with Gasteiger partial charge in [0.2, 0.25) is 0 Å². The highest BCUT2D eigenvalue weighted by Gasteiger charge is 2.20. The molecule has 0 aliphatic rings. The van der Waals surface area contributed by atoms with Crippen LogP contribution in [0.2, 0.25) is 5.02 Å². The second-order valence-electron chi connectivity index (χ2n) is 3.38. The van der Waals surface area contributed by atoms with Crippen molar-refractivity contribution in [3.8, 4) is 0 Å². The van der Waals surface area contributed by atoms with Crippen LogP contribution >= 0.6 is 27.5 Å². The lowest BCUT2D eigenvalue weighted by atomic mass is 10.3. The van der Waals surface area contributed by atoms with E-state index in [2.05, 4.69) is 30.8 Å². The quantitative estimate of drug-likeness (QED) is 0.789. The molecule has 0 unspecified atom stereocenters. The summed E-state index contributed by atoms with van der Waals surface area (Å²) in [5, 5.41) is 6.18. The Balaban J connectivity index is 2.37. The molecule has 4 N–H and O–H groups in total. The third-order valence-electron chi connectivity index (χ3n) is 2.10. The van der Waals surface area contributed by atoms with Crippen LogP contribution in [0.5, 0.6) is 0 Å². The first-order chi connectivity index (χ1) is 8.40. The van der Waals surface area contributed by atoms with E-state index >= 15 is 0 Å². The molecule has 1 aromatic heterocycles. The Morgan fingerprint density at radius 1 is 1.44 bits per heavy atom. The molecule has 0 atom stereocenters. The monoisotopic (exact) mass is 350 g/mol. The minimum atomic E-state index is -3.80. The molecule has 0 spiro atoms. The summed E-state index contributed by atoms with van der Waals surface area (Å²) in [5.74, 6) is -0.0317. The Morgan fingerprint density at radius 2 is 2.17 bits per heavy atom. The van der Waals surface area contributed by atoms with Crippen LogP contribution in [0.4, 0.5) is 11.5 Å². The predicted octanol–water partition coefficient (Wildman–Crippen LogP) is 2.21. The fourth-order valence-electron chi connectivity index (χ4n) is 1.27. The third-order valence-corrected chi connectivity index (χ3v) is 4.30. The molecule has 0 fully saturated rings. The van der Waals surface area contributed by atoms with Crippen LogP contribution in [0.1, 0.15) is 0 Å². The number of anilines is 2. The van der Waals surface area contributed by atoms with Crippen LogP contribution in [0.25, 0.3) is 0 Å². The summed E-state index contributed by atoms with van der Waals surface area (Å²) >= 11 is 9.15. The normalized spacial score (nSPS) is 11.4. The molecule has 1 aromatic carbocycles. The summed E-state index contributed by atoms with van der Waals surface area (Å²) in [5.41, 5.74) is 5.73. The topological polar surface area (TPSA) is 101 Å². The molecule has 18 heavy (non-hydrogen) atoms. The Labute approximate surface area is 117 Å².